The van der Waals surface area contributed by atoms with E-state index >= 15 is 0 Å². The quantitative estimate of drug-likeness (QED) is 0.841. The van der Waals surface area contributed by atoms with E-state index in [0.717, 1.165) is 4.47 Å². The molecule has 15 heavy (non-hydrogen) atoms. The van der Waals surface area contributed by atoms with Crippen molar-refractivity contribution in [3.63, 3.8) is 0 Å². The van der Waals surface area contributed by atoms with Crippen LogP contribution in [0.5, 0.6) is 0 Å². The summed E-state index contributed by atoms with van der Waals surface area (Å²) in [5, 5.41) is 2.80. The molecule has 0 aliphatic carbocycles. The van der Waals surface area contributed by atoms with Gasteiger partial charge in [-0.3, -0.25) is 9.20 Å². The molecular weight excluding hydrogens is 260 g/mol. The van der Waals surface area contributed by atoms with Crippen LogP contribution in [0.2, 0.25) is 0 Å². The van der Waals surface area contributed by atoms with Gasteiger partial charge in [0.2, 0.25) is 0 Å². The number of nitrogens with zero attached hydrogens (tertiary/aromatic N) is 3. The Bertz CT molecular complexity index is 508. The van der Waals surface area contributed by atoms with Crippen LogP contribution in [0.25, 0.3) is 5.65 Å². The second kappa shape index (κ2) is 4.08. The molecule has 0 aromatic carbocycles. The summed E-state index contributed by atoms with van der Waals surface area (Å²) >= 11 is 3.33. The first kappa shape index (κ1) is 10.3. The highest BCUT2D eigenvalue weighted by atomic mass is 79.9. The van der Waals surface area contributed by atoms with Gasteiger partial charge >= 0.3 is 0 Å². The van der Waals surface area contributed by atoms with E-state index in [-0.39, 0.29) is 12.3 Å². The number of aromatic nitrogens is 3. The van der Waals surface area contributed by atoms with E-state index in [0.29, 0.717) is 11.3 Å². The Morgan fingerprint density at radius 1 is 1.67 bits per heavy atom. The van der Waals surface area contributed by atoms with E-state index in [2.05, 4.69) is 31.2 Å². The van der Waals surface area contributed by atoms with Crippen molar-refractivity contribution in [1.82, 2.24) is 19.7 Å². The third-order valence-corrected chi connectivity index (χ3v) is 2.51. The highest BCUT2D eigenvalue weighted by Gasteiger charge is 2.11. The minimum atomic E-state index is -0.0342. The van der Waals surface area contributed by atoms with Crippen LogP contribution in [0.4, 0.5) is 0 Å². The molecule has 0 bridgehead atoms. The normalized spacial score (nSPS) is 10.8. The van der Waals surface area contributed by atoms with Crippen molar-refractivity contribution in [3.05, 3.63) is 28.9 Å². The Hall–Kier alpha value is -1.27. The van der Waals surface area contributed by atoms with Gasteiger partial charge in [0.1, 0.15) is 12.0 Å². The molecule has 0 atom stereocenters. The Morgan fingerprint density at radius 2 is 2.47 bits per heavy atom. The fourth-order valence-corrected chi connectivity index (χ4v) is 1.68. The van der Waals surface area contributed by atoms with Crippen LogP contribution in [0.15, 0.2) is 23.2 Å². The molecule has 0 aliphatic rings. The molecule has 2 aromatic rings. The number of fused-ring (bicyclic) bond motifs is 1. The molecule has 2 rings (SSSR count). The molecule has 0 aliphatic heterocycles. The van der Waals surface area contributed by atoms with Gasteiger partial charge in [-0.1, -0.05) is 0 Å². The predicted octanol–water partition coefficient (Wildman–Crippen LogP) is 0.894. The summed E-state index contributed by atoms with van der Waals surface area (Å²) in [6.45, 7) is 0.287. The monoisotopic (exact) mass is 268 g/mol. The lowest BCUT2D eigenvalue weighted by Gasteiger charge is -1.92. The van der Waals surface area contributed by atoms with Crippen LogP contribution in [-0.2, 0) is 0 Å². The number of carbonyl (C=O) groups is 1. The van der Waals surface area contributed by atoms with E-state index in [9.17, 15) is 4.79 Å². The first-order chi connectivity index (χ1) is 7.22. The van der Waals surface area contributed by atoms with Crippen LogP contribution < -0.4 is 5.32 Å². The average molecular weight is 269 g/mol. The SMILES string of the molecule is CNCC(=O)c1cn2cncc(Br)c2n1. The molecule has 0 saturated heterocycles. The smallest absolute Gasteiger partial charge is 0.196 e. The third-order valence-electron chi connectivity index (χ3n) is 1.95. The van der Waals surface area contributed by atoms with Gasteiger partial charge < -0.3 is 5.32 Å². The highest BCUT2D eigenvalue weighted by Crippen LogP contribution is 2.15. The lowest BCUT2D eigenvalue weighted by molar-refractivity contribution is 0.0989. The molecule has 0 spiro atoms. The van der Waals surface area contributed by atoms with Crippen LogP contribution in [0, 0.1) is 0 Å². The zero-order chi connectivity index (χ0) is 10.8. The second-order valence-corrected chi connectivity index (χ2v) is 3.91. The third kappa shape index (κ3) is 1.91. The number of likely N-dealkylation sites (N-methyl/N-ethyl adjacent to an activating group) is 1. The number of hydrogen-bond acceptors (Lipinski definition) is 4. The van der Waals surface area contributed by atoms with Crippen molar-refractivity contribution in [2.75, 3.05) is 13.6 Å². The molecule has 0 unspecified atom stereocenters. The number of hydrogen-bond donors (Lipinski definition) is 1. The van der Waals surface area contributed by atoms with Crippen LogP contribution in [0.3, 0.4) is 0 Å². The Morgan fingerprint density at radius 3 is 3.13 bits per heavy atom. The molecule has 0 saturated carbocycles. The summed E-state index contributed by atoms with van der Waals surface area (Å²) in [5.74, 6) is -0.0342. The van der Waals surface area contributed by atoms with Crippen LogP contribution >= 0.6 is 15.9 Å². The van der Waals surface area contributed by atoms with Gasteiger partial charge in [-0.25, -0.2) is 9.97 Å². The molecule has 78 valence electrons. The number of rotatable bonds is 3. The fraction of sp³-hybridized carbons (Fsp3) is 0.222. The van der Waals surface area contributed by atoms with Gasteiger partial charge in [0.25, 0.3) is 0 Å². The van der Waals surface area contributed by atoms with Crippen molar-refractivity contribution in [2.24, 2.45) is 0 Å². The van der Waals surface area contributed by atoms with E-state index in [4.69, 9.17) is 0 Å². The number of carbonyl (C=O) groups excluding carboxylic acids is 1. The van der Waals surface area contributed by atoms with E-state index in [1.165, 1.54) is 0 Å². The van der Waals surface area contributed by atoms with Crippen LogP contribution in [-0.4, -0.2) is 33.7 Å². The Balaban J connectivity index is 2.47. The predicted molar refractivity (Wildman–Crippen MR) is 58.9 cm³/mol. The molecule has 0 fully saturated rings. The summed E-state index contributed by atoms with van der Waals surface area (Å²) in [7, 11) is 1.73. The molecule has 0 amide bonds. The summed E-state index contributed by atoms with van der Waals surface area (Å²) in [6.07, 6.45) is 4.94. The molecular formula is C9H9BrN4O. The number of imidazole rings is 1. The topological polar surface area (TPSA) is 59.3 Å². The standard InChI is InChI=1S/C9H9BrN4O/c1-11-3-8(15)7-4-14-5-12-2-6(10)9(14)13-7/h2,4-5,11H,3H2,1H3. The molecule has 2 aromatic heterocycles. The van der Waals surface area contributed by atoms with E-state index in [1.54, 1.807) is 30.2 Å². The largest absolute Gasteiger partial charge is 0.313 e. The number of Topliss-reactive ketones (excluding diaryl/α,β-unsaturated/α-hetero) is 1. The van der Waals surface area contributed by atoms with Crippen molar-refractivity contribution in [3.8, 4) is 0 Å². The lowest BCUT2D eigenvalue weighted by Crippen LogP contribution is -2.18. The van der Waals surface area contributed by atoms with Gasteiger partial charge in [-0.2, -0.15) is 0 Å². The maximum atomic E-state index is 11.6. The summed E-state index contributed by atoms with van der Waals surface area (Å²) in [6, 6.07) is 0. The minimum absolute atomic E-state index is 0.0342. The summed E-state index contributed by atoms with van der Waals surface area (Å²) in [5.41, 5.74) is 1.14. The zero-order valence-electron chi connectivity index (χ0n) is 8.07. The zero-order valence-corrected chi connectivity index (χ0v) is 9.65. The van der Waals surface area contributed by atoms with Gasteiger partial charge in [0.15, 0.2) is 11.4 Å². The van der Waals surface area contributed by atoms with Crippen molar-refractivity contribution >= 4 is 27.4 Å². The van der Waals surface area contributed by atoms with E-state index in [1.807, 2.05) is 0 Å². The number of halogens is 1. The fourth-order valence-electron chi connectivity index (χ4n) is 1.27. The summed E-state index contributed by atoms with van der Waals surface area (Å²) in [4.78, 5) is 19.7. The second-order valence-electron chi connectivity index (χ2n) is 3.05. The molecule has 1 N–H and O–H groups in total. The molecule has 2 heterocycles. The summed E-state index contributed by atoms with van der Waals surface area (Å²) < 4.78 is 2.49. The molecule has 5 nitrogen and oxygen atoms in total. The number of nitrogens with one attached hydrogen (secondary N) is 1. The maximum absolute atomic E-state index is 11.6. The Labute approximate surface area is 94.7 Å². The van der Waals surface area contributed by atoms with Crippen molar-refractivity contribution < 1.29 is 4.79 Å². The molecule has 6 heteroatoms. The molecule has 0 radical (unpaired) electrons. The number of ketones is 1. The lowest BCUT2D eigenvalue weighted by atomic mass is 10.3. The van der Waals surface area contributed by atoms with Gasteiger partial charge in [-0.15, -0.1) is 0 Å². The van der Waals surface area contributed by atoms with E-state index < -0.39 is 0 Å². The van der Waals surface area contributed by atoms with Crippen LogP contribution in [0.1, 0.15) is 10.5 Å². The van der Waals surface area contributed by atoms with Gasteiger partial charge in [-0.05, 0) is 23.0 Å². The Kier molecular flexibility index (Phi) is 2.79. The van der Waals surface area contributed by atoms with Crippen molar-refractivity contribution in [2.45, 2.75) is 0 Å². The highest BCUT2D eigenvalue weighted by molar-refractivity contribution is 9.10. The average Bonchev–Trinajstić information content (AvgIpc) is 2.63. The minimum Gasteiger partial charge on any atom is -0.313 e. The first-order valence-electron chi connectivity index (χ1n) is 4.38. The maximum Gasteiger partial charge on any atom is 0.196 e. The van der Waals surface area contributed by atoms with Gasteiger partial charge in [0.05, 0.1) is 11.0 Å². The van der Waals surface area contributed by atoms with Crippen molar-refractivity contribution in [1.29, 1.82) is 0 Å². The first-order valence-corrected chi connectivity index (χ1v) is 5.17. The van der Waals surface area contributed by atoms with Gasteiger partial charge in [0, 0.05) is 12.4 Å².